The topological polar surface area (TPSA) is 86.7 Å². The van der Waals surface area contributed by atoms with Gasteiger partial charge in [-0.3, -0.25) is 9.59 Å². The van der Waals surface area contributed by atoms with Crippen LogP contribution in [-0.2, 0) is 14.4 Å². The average molecular weight is 316 g/mol. The first-order valence-electron chi connectivity index (χ1n) is 7.07. The highest BCUT2D eigenvalue weighted by Crippen LogP contribution is 2.32. The number of nitrogens with zero attached hydrogens (tertiary/aromatic N) is 1. The number of carbonyl (C=O) groups excluding carboxylic acids is 2. The van der Waals surface area contributed by atoms with Crippen molar-refractivity contribution in [3.05, 3.63) is 0 Å². The standard InChI is InChI=1S/C14H24N2O4S/c1-6-10-16(9(7-21-10)12(18)19)11(17)8(2)15-13(20)14(3,4)5/h8-10H,6-7H2,1-5H3,(H,15,20)(H,18,19). The Hall–Kier alpha value is -1.24. The molecular formula is C14H24N2O4S. The fraction of sp³-hybridized carbons (Fsp3) is 0.786. The minimum absolute atomic E-state index is 0.146. The van der Waals surface area contributed by atoms with Crippen LogP contribution in [0.1, 0.15) is 41.0 Å². The smallest absolute Gasteiger partial charge is 0.327 e. The number of amides is 2. The summed E-state index contributed by atoms with van der Waals surface area (Å²) in [6.45, 7) is 8.81. The Labute approximate surface area is 129 Å². The zero-order valence-electron chi connectivity index (χ0n) is 13.2. The molecule has 0 aromatic carbocycles. The first-order chi connectivity index (χ1) is 9.59. The molecule has 0 spiro atoms. The minimum atomic E-state index is -0.999. The summed E-state index contributed by atoms with van der Waals surface area (Å²) in [7, 11) is 0. The van der Waals surface area contributed by atoms with E-state index in [0.717, 1.165) is 0 Å². The highest BCUT2D eigenvalue weighted by Gasteiger charge is 2.42. The van der Waals surface area contributed by atoms with E-state index < -0.39 is 23.5 Å². The quantitative estimate of drug-likeness (QED) is 0.816. The van der Waals surface area contributed by atoms with E-state index >= 15 is 0 Å². The van der Waals surface area contributed by atoms with Crippen LogP contribution in [0.25, 0.3) is 0 Å². The van der Waals surface area contributed by atoms with Gasteiger partial charge in [-0.25, -0.2) is 4.79 Å². The number of aliphatic carboxylic acids is 1. The number of carbonyl (C=O) groups is 3. The van der Waals surface area contributed by atoms with Crippen LogP contribution in [0.5, 0.6) is 0 Å². The summed E-state index contributed by atoms with van der Waals surface area (Å²) in [6.07, 6.45) is 0.681. The summed E-state index contributed by atoms with van der Waals surface area (Å²) in [5.41, 5.74) is -0.593. The molecule has 0 bridgehead atoms. The van der Waals surface area contributed by atoms with E-state index in [1.165, 1.54) is 16.7 Å². The molecule has 1 saturated heterocycles. The van der Waals surface area contributed by atoms with Gasteiger partial charge in [-0.1, -0.05) is 27.7 Å². The van der Waals surface area contributed by atoms with Crippen molar-refractivity contribution < 1.29 is 19.5 Å². The van der Waals surface area contributed by atoms with E-state index in [1.807, 2.05) is 6.92 Å². The van der Waals surface area contributed by atoms with E-state index in [0.29, 0.717) is 12.2 Å². The SMILES string of the molecule is CCC1SCC(C(=O)O)N1C(=O)C(C)NC(=O)C(C)(C)C. The van der Waals surface area contributed by atoms with Crippen molar-refractivity contribution >= 4 is 29.5 Å². The van der Waals surface area contributed by atoms with Gasteiger partial charge < -0.3 is 15.3 Å². The normalized spacial score (nSPS) is 23.8. The molecule has 1 heterocycles. The number of thioether (sulfide) groups is 1. The molecule has 1 aliphatic rings. The molecule has 7 heteroatoms. The van der Waals surface area contributed by atoms with Crippen molar-refractivity contribution in [1.29, 1.82) is 0 Å². The van der Waals surface area contributed by atoms with Gasteiger partial charge in [-0.15, -0.1) is 11.8 Å². The van der Waals surface area contributed by atoms with E-state index in [2.05, 4.69) is 5.32 Å². The first-order valence-corrected chi connectivity index (χ1v) is 8.12. The summed E-state index contributed by atoms with van der Waals surface area (Å²) in [6, 6.07) is -1.55. The van der Waals surface area contributed by atoms with E-state index in [-0.39, 0.29) is 17.2 Å². The van der Waals surface area contributed by atoms with Gasteiger partial charge >= 0.3 is 5.97 Å². The summed E-state index contributed by atoms with van der Waals surface area (Å²) in [4.78, 5) is 37.2. The van der Waals surface area contributed by atoms with Crippen LogP contribution in [0.2, 0.25) is 0 Å². The van der Waals surface area contributed by atoms with Crippen LogP contribution < -0.4 is 5.32 Å². The third-order valence-corrected chi connectivity index (χ3v) is 4.83. The molecule has 0 saturated carbocycles. The van der Waals surface area contributed by atoms with Gasteiger partial charge in [0.1, 0.15) is 12.1 Å². The second kappa shape index (κ2) is 6.68. The first kappa shape index (κ1) is 17.8. The van der Waals surface area contributed by atoms with E-state index in [1.54, 1.807) is 27.7 Å². The van der Waals surface area contributed by atoms with E-state index in [9.17, 15) is 19.5 Å². The summed E-state index contributed by atoms with van der Waals surface area (Å²) >= 11 is 1.47. The molecule has 21 heavy (non-hydrogen) atoms. The third kappa shape index (κ3) is 4.12. The maximum absolute atomic E-state index is 12.5. The van der Waals surface area contributed by atoms with Crippen LogP contribution in [-0.4, -0.2) is 51.0 Å². The van der Waals surface area contributed by atoms with Crippen molar-refractivity contribution in [3.8, 4) is 0 Å². The van der Waals surface area contributed by atoms with Crippen molar-refractivity contribution in [1.82, 2.24) is 10.2 Å². The lowest BCUT2D eigenvalue weighted by Gasteiger charge is -2.30. The lowest BCUT2D eigenvalue weighted by atomic mass is 9.95. The maximum atomic E-state index is 12.5. The molecular weight excluding hydrogens is 292 g/mol. The van der Waals surface area contributed by atoms with Crippen molar-refractivity contribution in [2.24, 2.45) is 5.41 Å². The highest BCUT2D eigenvalue weighted by molar-refractivity contribution is 8.00. The number of carboxylic acids is 1. The molecule has 120 valence electrons. The minimum Gasteiger partial charge on any atom is -0.480 e. The second-order valence-electron chi connectivity index (χ2n) is 6.24. The van der Waals surface area contributed by atoms with E-state index in [4.69, 9.17) is 0 Å². The van der Waals surface area contributed by atoms with Gasteiger partial charge in [0, 0.05) is 11.2 Å². The Kier molecular flexibility index (Phi) is 5.67. The van der Waals surface area contributed by atoms with Crippen LogP contribution in [0.3, 0.4) is 0 Å². The molecule has 0 aliphatic carbocycles. The lowest BCUT2D eigenvalue weighted by Crippen LogP contribution is -2.54. The molecule has 3 atom stereocenters. The summed E-state index contributed by atoms with van der Waals surface area (Å²) in [5.74, 6) is -1.17. The Morgan fingerprint density at radius 3 is 2.38 bits per heavy atom. The van der Waals surface area contributed by atoms with Gasteiger partial charge in [0.05, 0.1) is 5.37 Å². The Morgan fingerprint density at radius 2 is 1.95 bits per heavy atom. The molecule has 3 unspecified atom stereocenters. The second-order valence-corrected chi connectivity index (χ2v) is 7.45. The predicted molar refractivity (Wildman–Crippen MR) is 81.9 cm³/mol. The predicted octanol–water partition coefficient (Wildman–Crippen LogP) is 1.30. The Balaban J connectivity index is 2.84. The molecule has 2 amide bonds. The van der Waals surface area contributed by atoms with Gasteiger partial charge in [0.25, 0.3) is 0 Å². The van der Waals surface area contributed by atoms with Crippen LogP contribution in [0.4, 0.5) is 0 Å². The molecule has 1 aliphatic heterocycles. The van der Waals surface area contributed by atoms with Gasteiger partial charge in [0.15, 0.2) is 0 Å². The Morgan fingerprint density at radius 1 is 1.38 bits per heavy atom. The van der Waals surface area contributed by atoms with Crippen LogP contribution in [0, 0.1) is 5.41 Å². The van der Waals surface area contributed by atoms with Gasteiger partial charge in [-0.2, -0.15) is 0 Å². The molecule has 2 N–H and O–H groups in total. The van der Waals surface area contributed by atoms with Gasteiger partial charge in [0.2, 0.25) is 11.8 Å². The molecule has 0 aromatic rings. The maximum Gasteiger partial charge on any atom is 0.327 e. The van der Waals surface area contributed by atoms with Crippen molar-refractivity contribution in [2.45, 2.75) is 58.5 Å². The number of carboxylic acid groups (broad SMARTS) is 1. The fourth-order valence-electron chi connectivity index (χ4n) is 2.06. The fourth-order valence-corrected chi connectivity index (χ4v) is 3.42. The van der Waals surface area contributed by atoms with Crippen LogP contribution >= 0.6 is 11.8 Å². The average Bonchev–Trinajstić information content (AvgIpc) is 2.80. The van der Waals surface area contributed by atoms with Gasteiger partial charge in [-0.05, 0) is 13.3 Å². The monoisotopic (exact) mass is 316 g/mol. The van der Waals surface area contributed by atoms with Crippen molar-refractivity contribution in [2.75, 3.05) is 5.75 Å². The molecule has 0 radical (unpaired) electrons. The largest absolute Gasteiger partial charge is 0.480 e. The highest BCUT2D eigenvalue weighted by atomic mass is 32.2. The summed E-state index contributed by atoms with van der Waals surface area (Å²) in [5, 5.41) is 11.8. The number of nitrogens with one attached hydrogen (secondary N) is 1. The Bertz CT molecular complexity index is 433. The molecule has 6 nitrogen and oxygen atoms in total. The number of rotatable bonds is 4. The zero-order chi connectivity index (χ0) is 16.4. The molecule has 1 fully saturated rings. The molecule has 1 rings (SSSR count). The van der Waals surface area contributed by atoms with Crippen molar-refractivity contribution in [3.63, 3.8) is 0 Å². The van der Waals surface area contributed by atoms with Crippen LogP contribution in [0.15, 0.2) is 0 Å². The number of hydrogen-bond donors (Lipinski definition) is 2. The number of hydrogen-bond acceptors (Lipinski definition) is 4. The third-order valence-electron chi connectivity index (χ3n) is 3.38. The summed E-state index contributed by atoms with van der Waals surface area (Å²) < 4.78 is 0. The zero-order valence-corrected chi connectivity index (χ0v) is 14.0. The lowest BCUT2D eigenvalue weighted by molar-refractivity contribution is -0.150. The molecule has 0 aromatic heterocycles.